The fourth-order valence-corrected chi connectivity index (χ4v) is 4.07. The molecule has 5 heteroatoms. The van der Waals surface area contributed by atoms with Crippen molar-refractivity contribution in [1.82, 2.24) is 19.8 Å². The number of piperidine rings is 1. The monoisotopic (exact) mass is 340 g/mol. The van der Waals surface area contributed by atoms with Gasteiger partial charge in [0, 0.05) is 31.6 Å². The molecule has 0 radical (unpaired) electrons. The van der Waals surface area contributed by atoms with Crippen molar-refractivity contribution in [2.45, 2.75) is 52.2 Å². The van der Waals surface area contributed by atoms with Crippen LogP contribution in [-0.4, -0.2) is 39.5 Å². The van der Waals surface area contributed by atoms with E-state index in [9.17, 15) is 4.79 Å². The highest BCUT2D eigenvalue weighted by Crippen LogP contribution is 2.32. The standard InChI is InChI=1S/C20H28N4O/c1-3-24-18-7-5-4-6-17(18)22-19(24)12-21-16-10-11-23(13-14(16)2)20(25)15-8-9-15/h4-7,14-16,21H,3,8-13H2,1-2H3/t14-,16+/m0/s1. The molecule has 2 atom stereocenters. The first-order valence-corrected chi connectivity index (χ1v) is 9.63. The lowest BCUT2D eigenvalue weighted by Crippen LogP contribution is -2.50. The average Bonchev–Trinajstić information content (AvgIpc) is 3.41. The van der Waals surface area contributed by atoms with Crippen molar-refractivity contribution in [1.29, 1.82) is 0 Å². The Morgan fingerprint density at radius 3 is 2.80 bits per heavy atom. The van der Waals surface area contributed by atoms with Gasteiger partial charge in [-0.1, -0.05) is 19.1 Å². The van der Waals surface area contributed by atoms with E-state index >= 15 is 0 Å². The van der Waals surface area contributed by atoms with E-state index in [1.165, 1.54) is 5.52 Å². The van der Waals surface area contributed by atoms with Crippen molar-refractivity contribution in [3.05, 3.63) is 30.1 Å². The number of benzene rings is 1. The van der Waals surface area contributed by atoms with Gasteiger partial charge in [0.1, 0.15) is 5.82 Å². The Hall–Kier alpha value is -1.88. The van der Waals surface area contributed by atoms with Gasteiger partial charge in [-0.15, -0.1) is 0 Å². The molecule has 5 nitrogen and oxygen atoms in total. The molecule has 2 aliphatic rings. The van der Waals surface area contributed by atoms with Crippen LogP contribution in [-0.2, 0) is 17.9 Å². The SMILES string of the molecule is CCn1c(CN[C@@H]2CCN(C(=O)C3CC3)C[C@@H]2C)nc2ccccc21. The van der Waals surface area contributed by atoms with Gasteiger partial charge in [-0.2, -0.15) is 0 Å². The molecular formula is C20H28N4O. The van der Waals surface area contributed by atoms with E-state index in [0.717, 1.165) is 56.8 Å². The summed E-state index contributed by atoms with van der Waals surface area (Å²) >= 11 is 0. The van der Waals surface area contributed by atoms with Crippen LogP contribution in [0.3, 0.4) is 0 Å². The number of fused-ring (bicyclic) bond motifs is 1. The van der Waals surface area contributed by atoms with Crippen molar-refractivity contribution in [3.8, 4) is 0 Å². The molecule has 0 spiro atoms. The van der Waals surface area contributed by atoms with E-state index in [4.69, 9.17) is 4.98 Å². The van der Waals surface area contributed by atoms with E-state index in [1.54, 1.807) is 0 Å². The van der Waals surface area contributed by atoms with E-state index in [0.29, 0.717) is 23.8 Å². The second kappa shape index (κ2) is 6.79. The number of aromatic nitrogens is 2. The highest BCUT2D eigenvalue weighted by molar-refractivity contribution is 5.81. The molecule has 1 aromatic carbocycles. The summed E-state index contributed by atoms with van der Waals surface area (Å²) in [5.41, 5.74) is 2.28. The van der Waals surface area contributed by atoms with Crippen LogP contribution in [0, 0.1) is 11.8 Å². The fraction of sp³-hybridized carbons (Fsp3) is 0.600. The lowest BCUT2D eigenvalue weighted by Gasteiger charge is -2.37. The summed E-state index contributed by atoms with van der Waals surface area (Å²) in [6, 6.07) is 8.78. The van der Waals surface area contributed by atoms with Crippen molar-refractivity contribution >= 4 is 16.9 Å². The smallest absolute Gasteiger partial charge is 0.225 e. The summed E-state index contributed by atoms with van der Waals surface area (Å²) in [4.78, 5) is 19.2. The van der Waals surface area contributed by atoms with Gasteiger partial charge in [-0.25, -0.2) is 4.98 Å². The Balaban J connectivity index is 1.39. The number of carbonyl (C=O) groups is 1. The lowest BCUT2D eigenvalue weighted by atomic mass is 9.93. The average molecular weight is 340 g/mol. The Morgan fingerprint density at radius 2 is 2.08 bits per heavy atom. The van der Waals surface area contributed by atoms with Crippen LogP contribution >= 0.6 is 0 Å². The Bertz CT molecular complexity index is 764. The number of hydrogen-bond acceptors (Lipinski definition) is 3. The minimum Gasteiger partial charge on any atom is -0.342 e. The second-order valence-corrected chi connectivity index (χ2v) is 7.57. The number of hydrogen-bond donors (Lipinski definition) is 1. The lowest BCUT2D eigenvalue weighted by molar-refractivity contribution is -0.134. The number of likely N-dealkylation sites (tertiary alicyclic amines) is 1. The minimum atomic E-state index is 0.334. The van der Waals surface area contributed by atoms with Crippen LogP contribution in [0.2, 0.25) is 0 Å². The number of nitrogens with one attached hydrogen (secondary N) is 1. The predicted octanol–water partition coefficient (Wildman–Crippen LogP) is 2.79. The first-order chi connectivity index (χ1) is 12.2. The summed E-state index contributed by atoms with van der Waals surface area (Å²) in [7, 11) is 0. The van der Waals surface area contributed by atoms with E-state index < -0.39 is 0 Å². The molecule has 1 aliphatic heterocycles. The third kappa shape index (κ3) is 3.30. The fourth-order valence-electron chi connectivity index (χ4n) is 4.07. The molecule has 1 N–H and O–H groups in total. The summed E-state index contributed by atoms with van der Waals surface area (Å²) in [6.45, 7) is 7.92. The van der Waals surface area contributed by atoms with Crippen molar-refractivity contribution < 1.29 is 4.79 Å². The molecule has 1 amide bonds. The molecule has 1 saturated carbocycles. The van der Waals surface area contributed by atoms with Gasteiger partial charge in [-0.05, 0) is 44.2 Å². The van der Waals surface area contributed by atoms with Gasteiger partial charge in [0.25, 0.3) is 0 Å². The molecule has 0 unspecified atom stereocenters. The zero-order chi connectivity index (χ0) is 17.4. The third-order valence-corrected chi connectivity index (χ3v) is 5.72. The Morgan fingerprint density at radius 1 is 1.28 bits per heavy atom. The third-order valence-electron chi connectivity index (χ3n) is 5.72. The van der Waals surface area contributed by atoms with Gasteiger partial charge >= 0.3 is 0 Å². The topological polar surface area (TPSA) is 50.2 Å². The van der Waals surface area contributed by atoms with Crippen LogP contribution in [0.4, 0.5) is 0 Å². The Kier molecular flexibility index (Phi) is 4.50. The first kappa shape index (κ1) is 16.6. The van der Waals surface area contributed by atoms with Crippen LogP contribution < -0.4 is 5.32 Å². The van der Waals surface area contributed by atoms with Crippen LogP contribution in [0.1, 0.15) is 38.9 Å². The molecule has 1 saturated heterocycles. The molecule has 4 rings (SSSR count). The van der Waals surface area contributed by atoms with Crippen molar-refractivity contribution in [2.24, 2.45) is 11.8 Å². The van der Waals surface area contributed by atoms with E-state index in [1.807, 2.05) is 6.07 Å². The number of nitrogens with zero attached hydrogens (tertiary/aromatic N) is 3. The number of carbonyl (C=O) groups excluding carboxylic acids is 1. The minimum absolute atomic E-state index is 0.334. The maximum atomic E-state index is 12.3. The second-order valence-electron chi connectivity index (χ2n) is 7.57. The highest BCUT2D eigenvalue weighted by Gasteiger charge is 2.36. The van der Waals surface area contributed by atoms with Gasteiger partial charge in [0.15, 0.2) is 0 Å². The summed E-state index contributed by atoms with van der Waals surface area (Å²) < 4.78 is 2.29. The molecule has 2 aromatic rings. The largest absolute Gasteiger partial charge is 0.342 e. The zero-order valence-corrected chi connectivity index (χ0v) is 15.2. The summed E-state index contributed by atoms with van der Waals surface area (Å²) in [6.07, 6.45) is 3.23. The predicted molar refractivity (Wildman–Crippen MR) is 99.1 cm³/mol. The number of rotatable bonds is 5. The maximum absolute atomic E-state index is 12.3. The van der Waals surface area contributed by atoms with Gasteiger partial charge in [-0.3, -0.25) is 4.79 Å². The molecular weight excluding hydrogens is 312 g/mol. The molecule has 25 heavy (non-hydrogen) atoms. The molecule has 1 aliphatic carbocycles. The van der Waals surface area contributed by atoms with Crippen molar-refractivity contribution in [2.75, 3.05) is 13.1 Å². The first-order valence-electron chi connectivity index (χ1n) is 9.63. The summed E-state index contributed by atoms with van der Waals surface area (Å²) in [5.74, 6) is 2.31. The van der Waals surface area contributed by atoms with E-state index in [2.05, 4.69) is 46.8 Å². The van der Waals surface area contributed by atoms with Crippen LogP contribution in [0.5, 0.6) is 0 Å². The van der Waals surface area contributed by atoms with E-state index in [-0.39, 0.29) is 0 Å². The number of imidazole rings is 1. The highest BCUT2D eigenvalue weighted by atomic mass is 16.2. The molecule has 134 valence electrons. The van der Waals surface area contributed by atoms with Gasteiger partial charge < -0.3 is 14.8 Å². The van der Waals surface area contributed by atoms with Crippen LogP contribution in [0.15, 0.2) is 24.3 Å². The quantitative estimate of drug-likeness (QED) is 0.910. The molecule has 0 bridgehead atoms. The zero-order valence-electron chi connectivity index (χ0n) is 15.2. The van der Waals surface area contributed by atoms with Gasteiger partial charge in [0.05, 0.1) is 17.6 Å². The molecule has 2 fully saturated rings. The number of aryl methyl sites for hydroxylation is 1. The number of para-hydroxylation sites is 2. The maximum Gasteiger partial charge on any atom is 0.225 e. The molecule has 1 aromatic heterocycles. The Labute approximate surface area is 149 Å². The van der Waals surface area contributed by atoms with Gasteiger partial charge in [0.2, 0.25) is 5.91 Å². The van der Waals surface area contributed by atoms with Crippen LogP contribution in [0.25, 0.3) is 11.0 Å². The van der Waals surface area contributed by atoms with Crippen molar-refractivity contribution in [3.63, 3.8) is 0 Å². The summed E-state index contributed by atoms with van der Waals surface area (Å²) in [5, 5.41) is 3.71. The number of amides is 1. The molecule has 2 heterocycles. The normalized spacial score (nSPS) is 24.0.